The molecule has 4 heterocycles. The smallest absolute Gasteiger partial charge is 0.337 e. The number of anilines is 5. The number of carboxylic acids is 1. The van der Waals surface area contributed by atoms with Gasteiger partial charge in [0.15, 0.2) is 11.5 Å². The molecule has 4 aromatic heterocycles. The predicted octanol–water partition coefficient (Wildman–Crippen LogP) is 3.57. The fraction of sp³-hybridized carbons (Fsp3) is 0.317. The van der Waals surface area contributed by atoms with Crippen LogP contribution >= 0.6 is 0 Å². The van der Waals surface area contributed by atoms with Gasteiger partial charge in [0.05, 0.1) is 47.7 Å². The molecule has 0 aliphatic rings. The SMILES string of the molecule is COc1cc(C(=O)O)c(N)cc1OCCCC(=O)Nc1cc(C(=O)Nc2cc(C(=O)Nc3cc(C(=O)Nc4cc(C(=O)NCCCN(C)C)n(C)c4)n(C)c3)n(C)c2)n(C)c1. The number of nitrogens with two attached hydrogens (primary N) is 1. The van der Waals surface area contributed by atoms with Gasteiger partial charge in [0, 0.05) is 78.1 Å². The largest absolute Gasteiger partial charge is 0.493 e. The molecule has 0 unspecified atom stereocenters. The number of aromatic nitrogens is 4. The van der Waals surface area contributed by atoms with Crippen LogP contribution in [0.3, 0.4) is 0 Å². The standard InChI is InChI=1S/C41H51N11O9/c1-48(2)12-9-11-43-37(54)30-15-25(21-49(30)3)45-39(56)32-17-27(23-51(32)5)47-40(57)33-16-26(22-52(33)6)46-38(55)31-14-24(20-50(31)4)44-36(53)10-8-13-61-35-19-29(42)28(41(58)59)18-34(35)60-7/h14-23H,8-13,42H2,1-7H3,(H,43,54)(H,44,53)(H,45,56)(H,46,55)(H,47,57)(H,58,59). The van der Waals surface area contributed by atoms with Gasteiger partial charge < -0.3 is 70.1 Å². The molecular formula is C41H51N11O9. The molecule has 324 valence electrons. The summed E-state index contributed by atoms with van der Waals surface area (Å²) in [5.41, 5.74) is 8.36. The molecule has 20 heteroatoms. The van der Waals surface area contributed by atoms with Crippen LogP contribution in [0.5, 0.6) is 11.5 Å². The number of rotatable bonds is 19. The van der Waals surface area contributed by atoms with Gasteiger partial charge in [0.2, 0.25) is 5.91 Å². The fourth-order valence-electron chi connectivity index (χ4n) is 6.38. The Bertz CT molecular complexity index is 2460. The Labute approximate surface area is 351 Å². The number of benzene rings is 1. The van der Waals surface area contributed by atoms with Crippen LogP contribution in [-0.4, -0.2) is 105 Å². The Morgan fingerprint density at radius 3 is 1.51 bits per heavy atom. The Kier molecular flexibility index (Phi) is 14.3. The van der Waals surface area contributed by atoms with Crippen LogP contribution in [0.15, 0.2) is 61.2 Å². The lowest BCUT2D eigenvalue weighted by atomic mass is 10.1. The third kappa shape index (κ3) is 11.4. The number of aryl methyl sites for hydroxylation is 4. The number of hydrogen-bond donors (Lipinski definition) is 7. The van der Waals surface area contributed by atoms with Crippen molar-refractivity contribution in [2.24, 2.45) is 28.2 Å². The summed E-state index contributed by atoms with van der Waals surface area (Å²) in [4.78, 5) is 78.6. The Morgan fingerprint density at radius 2 is 1.08 bits per heavy atom. The highest BCUT2D eigenvalue weighted by Crippen LogP contribution is 2.32. The monoisotopic (exact) mass is 841 g/mol. The molecule has 20 nitrogen and oxygen atoms in total. The number of amides is 5. The number of aromatic carboxylic acids is 1. The summed E-state index contributed by atoms with van der Waals surface area (Å²) in [6.45, 7) is 1.48. The fourth-order valence-corrected chi connectivity index (χ4v) is 6.38. The second-order valence-corrected chi connectivity index (χ2v) is 14.6. The molecule has 0 saturated heterocycles. The van der Waals surface area contributed by atoms with Gasteiger partial charge in [0.25, 0.3) is 23.6 Å². The summed E-state index contributed by atoms with van der Waals surface area (Å²) in [6, 6.07) is 8.77. The topological polar surface area (TPSA) is 250 Å². The molecule has 0 spiro atoms. The number of ether oxygens (including phenoxy) is 2. The summed E-state index contributed by atoms with van der Waals surface area (Å²) in [5, 5.41) is 23.3. The first-order valence-electron chi connectivity index (χ1n) is 19.1. The third-order valence-corrected chi connectivity index (χ3v) is 9.45. The van der Waals surface area contributed by atoms with Crippen LogP contribution in [0.4, 0.5) is 28.4 Å². The van der Waals surface area contributed by atoms with Gasteiger partial charge in [-0.3, -0.25) is 24.0 Å². The summed E-state index contributed by atoms with van der Waals surface area (Å²) in [6.07, 6.45) is 7.60. The molecule has 5 rings (SSSR count). The number of nitrogens with zero attached hydrogens (tertiary/aromatic N) is 5. The molecule has 0 atom stereocenters. The number of methoxy groups -OCH3 is 1. The summed E-state index contributed by atoms with van der Waals surface area (Å²) in [5.74, 6) is -2.75. The van der Waals surface area contributed by atoms with E-state index in [4.69, 9.17) is 15.2 Å². The maximum Gasteiger partial charge on any atom is 0.337 e. The minimum absolute atomic E-state index is 0.0140. The molecule has 0 aliphatic carbocycles. The van der Waals surface area contributed by atoms with E-state index in [2.05, 4.69) is 26.6 Å². The van der Waals surface area contributed by atoms with E-state index in [0.29, 0.717) is 41.4 Å². The lowest BCUT2D eigenvalue weighted by Gasteiger charge is -2.13. The number of carbonyl (C=O) groups excluding carboxylic acids is 5. The van der Waals surface area contributed by atoms with Gasteiger partial charge in [-0.25, -0.2) is 4.79 Å². The number of nitrogens with one attached hydrogen (secondary N) is 5. The summed E-state index contributed by atoms with van der Waals surface area (Å²) in [7, 11) is 12.0. The Hall–Kier alpha value is -7.48. The average Bonchev–Trinajstić information content (AvgIpc) is 3.96. The third-order valence-electron chi connectivity index (χ3n) is 9.45. The van der Waals surface area contributed by atoms with Gasteiger partial charge in [-0.2, -0.15) is 0 Å². The first-order valence-corrected chi connectivity index (χ1v) is 19.1. The lowest BCUT2D eigenvalue weighted by Crippen LogP contribution is -2.28. The second-order valence-electron chi connectivity index (χ2n) is 14.6. The molecular weight excluding hydrogens is 791 g/mol. The van der Waals surface area contributed by atoms with Crippen molar-refractivity contribution >= 4 is 63.9 Å². The molecule has 5 aromatic rings. The molecule has 8 N–H and O–H groups in total. The average molecular weight is 842 g/mol. The van der Waals surface area contributed by atoms with Gasteiger partial charge >= 0.3 is 5.97 Å². The zero-order valence-corrected chi connectivity index (χ0v) is 35.0. The number of carboxylic acid groups (broad SMARTS) is 1. The van der Waals surface area contributed by atoms with Crippen molar-refractivity contribution in [3.63, 3.8) is 0 Å². The van der Waals surface area contributed by atoms with Gasteiger partial charge in [-0.05, 0) is 57.7 Å². The lowest BCUT2D eigenvalue weighted by molar-refractivity contribution is -0.116. The zero-order valence-electron chi connectivity index (χ0n) is 35.0. The van der Waals surface area contributed by atoms with Crippen molar-refractivity contribution in [2.75, 3.05) is 67.9 Å². The normalized spacial score (nSPS) is 11.0. The van der Waals surface area contributed by atoms with Gasteiger partial charge in [-0.15, -0.1) is 0 Å². The maximum atomic E-state index is 13.3. The van der Waals surface area contributed by atoms with Crippen molar-refractivity contribution in [2.45, 2.75) is 19.3 Å². The summed E-state index contributed by atoms with van der Waals surface area (Å²) < 4.78 is 17.2. The molecule has 0 radical (unpaired) electrons. The molecule has 5 amide bonds. The molecule has 1 aromatic carbocycles. The van der Waals surface area contributed by atoms with Crippen LogP contribution in [-0.2, 0) is 33.0 Å². The van der Waals surface area contributed by atoms with E-state index in [9.17, 15) is 33.9 Å². The van der Waals surface area contributed by atoms with Crippen molar-refractivity contribution in [3.05, 3.63) is 89.5 Å². The highest BCUT2D eigenvalue weighted by Gasteiger charge is 2.21. The first kappa shape index (κ1) is 44.6. The highest BCUT2D eigenvalue weighted by molar-refractivity contribution is 6.09. The Morgan fingerprint density at radius 1 is 0.639 bits per heavy atom. The Balaban J connectivity index is 1.11. The van der Waals surface area contributed by atoms with E-state index >= 15 is 0 Å². The van der Waals surface area contributed by atoms with Gasteiger partial charge in [0.1, 0.15) is 22.8 Å². The number of nitrogen functional groups attached to an aromatic ring is 1. The maximum absolute atomic E-state index is 13.3. The number of carbonyl (C=O) groups is 6. The van der Waals surface area contributed by atoms with E-state index in [0.717, 1.165) is 13.0 Å². The van der Waals surface area contributed by atoms with E-state index in [1.807, 2.05) is 19.0 Å². The van der Waals surface area contributed by atoms with Crippen molar-refractivity contribution in [1.82, 2.24) is 28.5 Å². The number of hydrogen-bond acceptors (Lipinski definition) is 10. The van der Waals surface area contributed by atoms with Crippen molar-refractivity contribution in [1.29, 1.82) is 0 Å². The predicted molar refractivity (Wildman–Crippen MR) is 229 cm³/mol. The van der Waals surface area contributed by atoms with Gasteiger partial charge in [-0.1, -0.05) is 0 Å². The highest BCUT2D eigenvalue weighted by atomic mass is 16.5. The van der Waals surface area contributed by atoms with Crippen molar-refractivity contribution in [3.8, 4) is 11.5 Å². The minimum atomic E-state index is -1.20. The zero-order chi connectivity index (χ0) is 44.5. The van der Waals surface area contributed by atoms with Crippen LogP contribution in [0.2, 0.25) is 0 Å². The van der Waals surface area contributed by atoms with Crippen LogP contribution in [0.1, 0.15) is 71.6 Å². The van der Waals surface area contributed by atoms with Crippen LogP contribution in [0.25, 0.3) is 0 Å². The van der Waals surface area contributed by atoms with E-state index < -0.39 is 23.7 Å². The second kappa shape index (κ2) is 19.5. The summed E-state index contributed by atoms with van der Waals surface area (Å²) >= 11 is 0. The molecule has 0 saturated carbocycles. The molecule has 0 fully saturated rings. The van der Waals surface area contributed by atoms with E-state index in [-0.39, 0.29) is 64.7 Å². The molecule has 0 aliphatic heterocycles. The molecule has 61 heavy (non-hydrogen) atoms. The minimum Gasteiger partial charge on any atom is -0.493 e. The van der Waals surface area contributed by atoms with Crippen LogP contribution < -0.4 is 41.8 Å². The van der Waals surface area contributed by atoms with Crippen molar-refractivity contribution < 1.29 is 43.3 Å². The quantitative estimate of drug-likeness (QED) is 0.0468. The van der Waals surface area contributed by atoms with Crippen LogP contribution in [0, 0.1) is 0 Å². The van der Waals surface area contributed by atoms with E-state index in [1.54, 1.807) is 77.3 Å². The van der Waals surface area contributed by atoms with E-state index in [1.165, 1.54) is 37.4 Å². The first-order chi connectivity index (χ1) is 28.9. The molecule has 0 bridgehead atoms.